The molecule has 1 aromatic carbocycles. The first kappa shape index (κ1) is 21.0. The number of carbonyl (C=O) groups excluding carboxylic acids is 1. The van der Waals surface area contributed by atoms with Gasteiger partial charge in [0.05, 0.1) is 10.7 Å². The highest BCUT2D eigenvalue weighted by Gasteiger charge is 2.23. The molecule has 0 unspecified atom stereocenters. The van der Waals surface area contributed by atoms with Gasteiger partial charge in [0.2, 0.25) is 0 Å². The molecule has 1 amide bonds. The van der Waals surface area contributed by atoms with Crippen molar-refractivity contribution in [1.82, 2.24) is 20.1 Å². The third kappa shape index (κ3) is 5.40. The van der Waals surface area contributed by atoms with Crippen LogP contribution in [0.25, 0.3) is 0 Å². The molecule has 5 nitrogen and oxygen atoms in total. The molecular weight excluding hydrogens is 368 g/mol. The molecule has 3 rings (SSSR count). The van der Waals surface area contributed by atoms with Gasteiger partial charge in [-0.1, -0.05) is 45.0 Å². The molecule has 0 atom stereocenters. The monoisotopic (exact) mass is 400 g/mol. The average molecular weight is 401 g/mol. The number of piperazine rings is 1. The number of carbonyl (C=O) groups is 1. The van der Waals surface area contributed by atoms with E-state index in [9.17, 15) is 4.79 Å². The van der Waals surface area contributed by atoms with Gasteiger partial charge in [0.1, 0.15) is 4.88 Å². The van der Waals surface area contributed by atoms with Crippen LogP contribution in [0.4, 0.5) is 0 Å². The molecule has 152 valence electrons. The van der Waals surface area contributed by atoms with Gasteiger partial charge in [-0.3, -0.25) is 9.69 Å². The van der Waals surface area contributed by atoms with Crippen molar-refractivity contribution in [2.75, 3.05) is 33.2 Å². The third-order valence-electron chi connectivity index (χ3n) is 5.09. The van der Waals surface area contributed by atoms with Gasteiger partial charge < -0.3 is 10.2 Å². The summed E-state index contributed by atoms with van der Waals surface area (Å²) in [4.78, 5) is 22.8. The summed E-state index contributed by atoms with van der Waals surface area (Å²) in [5.74, 6) is -0.0324. The second-order valence-corrected chi connectivity index (χ2v) is 9.76. The van der Waals surface area contributed by atoms with E-state index < -0.39 is 0 Å². The summed E-state index contributed by atoms with van der Waals surface area (Å²) in [7, 11) is 2.18. The fraction of sp³-hybridized carbons (Fsp3) is 0.545. The van der Waals surface area contributed by atoms with Gasteiger partial charge in [-0.2, -0.15) is 0 Å². The van der Waals surface area contributed by atoms with Gasteiger partial charge in [0, 0.05) is 44.7 Å². The molecule has 1 aromatic heterocycles. The van der Waals surface area contributed by atoms with Gasteiger partial charge in [-0.05, 0) is 25.1 Å². The lowest BCUT2D eigenvalue weighted by Gasteiger charge is -2.32. The molecule has 1 saturated heterocycles. The molecule has 1 N–H and O–H groups in total. The third-order valence-corrected chi connectivity index (χ3v) is 6.67. The predicted octanol–water partition coefficient (Wildman–Crippen LogP) is 3.43. The molecule has 2 aromatic rings. The van der Waals surface area contributed by atoms with Gasteiger partial charge in [-0.15, -0.1) is 11.3 Å². The van der Waals surface area contributed by atoms with E-state index in [1.807, 2.05) is 6.92 Å². The van der Waals surface area contributed by atoms with E-state index in [4.69, 9.17) is 0 Å². The molecule has 6 heteroatoms. The number of hydrogen-bond acceptors (Lipinski definition) is 5. The van der Waals surface area contributed by atoms with Crippen molar-refractivity contribution in [2.24, 2.45) is 0 Å². The maximum absolute atomic E-state index is 12.7. The second kappa shape index (κ2) is 8.72. The van der Waals surface area contributed by atoms with Crippen LogP contribution in [0.15, 0.2) is 24.3 Å². The lowest BCUT2D eigenvalue weighted by Crippen LogP contribution is -2.43. The van der Waals surface area contributed by atoms with Crippen LogP contribution in [-0.4, -0.2) is 53.9 Å². The number of thiazole rings is 1. The summed E-state index contributed by atoms with van der Waals surface area (Å²) >= 11 is 1.50. The number of aryl methyl sites for hydroxylation is 1. The predicted molar refractivity (Wildman–Crippen MR) is 116 cm³/mol. The van der Waals surface area contributed by atoms with Crippen molar-refractivity contribution in [1.29, 1.82) is 0 Å². The first-order chi connectivity index (χ1) is 13.2. The highest BCUT2D eigenvalue weighted by atomic mass is 32.1. The molecular formula is C22H32N4OS. The smallest absolute Gasteiger partial charge is 0.263 e. The number of hydrogen-bond donors (Lipinski definition) is 1. The quantitative estimate of drug-likeness (QED) is 0.835. The normalized spacial score (nSPS) is 16.3. The maximum atomic E-state index is 12.7. The molecule has 0 radical (unpaired) electrons. The van der Waals surface area contributed by atoms with Crippen LogP contribution in [0.2, 0.25) is 0 Å². The van der Waals surface area contributed by atoms with Gasteiger partial charge in [0.15, 0.2) is 0 Å². The second-order valence-electron chi connectivity index (χ2n) is 8.77. The highest BCUT2D eigenvalue weighted by molar-refractivity contribution is 7.14. The van der Waals surface area contributed by atoms with Crippen molar-refractivity contribution in [3.8, 4) is 0 Å². The Morgan fingerprint density at radius 1 is 1.18 bits per heavy atom. The molecule has 0 bridgehead atoms. The topological polar surface area (TPSA) is 48.5 Å². The van der Waals surface area contributed by atoms with Crippen molar-refractivity contribution < 1.29 is 4.79 Å². The van der Waals surface area contributed by atoms with Crippen molar-refractivity contribution >= 4 is 17.2 Å². The van der Waals surface area contributed by atoms with Gasteiger partial charge in [-0.25, -0.2) is 4.98 Å². The Morgan fingerprint density at radius 3 is 2.50 bits per heavy atom. The Labute approximate surface area is 172 Å². The van der Waals surface area contributed by atoms with Crippen molar-refractivity contribution in [3.63, 3.8) is 0 Å². The standard InChI is InChI=1S/C22H32N4OS/c1-16-19(28-21(24-16)22(2,3)4)20(27)23-14-17-7-6-8-18(13-17)15-26-11-9-25(5)10-12-26/h6-8,13H,9-12,14-15H2,1-5H3,(H,23,27). The van der Waals surface area contributed by atoms with E-state index in [0.29, 0.717) is 6.54 Å². The molecule has 28 heavy (non-hydrogen) atoms. The Bertz CT molecular complexity index is 816. The molecule has 1 aliphatic heterocycles. The number of rotatable bonds is 5. The Morgan fingerprint density at radius 2 is 1.86 bits per heavy atom. The van der Waals surface area contributed by atoms with Gasteiger partial charge in [0.25, 0.3) is 5.91 Å². The number of aromatic nitrogens is 1. The highest BCUT2D eigenvalue weighted by Crippen LogP contribution is 2.29. The summed E-state index contributed by atoms with van der Waals surface area (Å²) in [6, 6.07) is 8.54. The van der Waals surface area contributed by atoms with Crippen LogP contribution in [0, 0.1) is 6.92 Å². The zero-order chi connectivity index (χ0) is 20.3. The van der Waals surface area contributed by atoms with Crippen LogP contribution in [0.5, 0.6) is 0 Å². The molecule has 0 spiro atoms. The summed E-state index contributed by atoms with van der Waals surface area (Å²) in [6.45, 7) is 14.3. The zero-order valence-electron chi connectivity index (χ0n) is 17.7. The minimum absolute atomic E-state index is 0.0324. The van der Waals surface area contributed by atoms with Crippen molar-refractivity contribution in [2.45, 2.75) is 46.2 Å². The number of benzene rings is 1. The maximum Gasteiger partial charge on any atom is 0.263 e. The zero-order valence-corrected chi connectivity index (χ0v) is 18.5. The molecule has 1 fully saturated rings. The summed E-state index contributed by atoms with van der Waals surface area (Å²) < 4.78 is 0. The Balaban J connectivity index is 1.59. The number of likely N-dealkylation sites (N-methyl/N-ethyl adjacent to an activating group) is 1. The summed E-state index contributed by atoms with van der Waals surface area (Å²) in [5.41, 5.74) is 3.22. The van der Waals surface area contributed by atoms with Gasteiger partial charge >= 0.3 is 0 Å². The number of nitrogens with one attached hydrogen (secondary N) is 1. The van der Waals surface area contributed by atoms with E-state index in [0.717, 1.165) is 53.9 Å². The SMILES string of the molecule is Cc1nc(C(C)(C)C)sc1C(=O)NCc1cccc(CN2CCN(C)CC2)c1. The van der Waals surface area contributed by atoms with E-state index in [1.165, 1.54) is 16.9 Å². The average Bonchev–Trinajstić information content (AvgIpc) is 3.04. The molecule has 1 aliphatic rings. The van der Waals surface area contributed by atoms with E-state index in [-0.39, 0.29) is 11.3 Å². The van der Waals surface area contributed by atoms with Crippen LogP contribution in [-0.2, 0) is 18.5 Å². The van der Waals surface area contributed by atoms with Crippen LogP contribution >= 0.6 is 11.3 Å². The number of amides is 1. The van der Waals surface area contributed by atoms with Crippen molar-refractivity contribution in [3.05, 3.63) is 51.0 Å². The van der Waals surface area contributed by atoms with E-state index in [1.54, 1.807) is 0 Å². The Kier molecular flexibility index (Phi) is 6.53. The van der Waals surface area contributed by atoms with Crippen LogP contribution < -0.4 is 5.32 Å². The fourth-order valence-corrected chi connectivity index (χ4v) is 4.33. The number of nitrogens with zero attached hydrogens (tertiary/aromatic N) is 3. The van der Waals surface area contributed by atoms with Crippen LogP contribution in [0.3, 0.4) is 0 Å². The lowest BCUT2D eigenvalue weighted by atomic mass is 9.98. The minimum atomic E-state index is -0.0362. The first-order valence-electron chi connectivity index (χ1n) is 9.97. The molecule has 0 aliphatic carbocycles. The largest absolute Gasteiger partial charge is 0.347 e. The van der Waals surface area contributed by atoms with E-state index >= 15 is 0 Å². The van der Waals surface area contributed by atoms with Crippen LogP contribution in [0.1, 0.15) is 52.3 Å². The summed E-state index contributed by atoms with van der Waals surface area (Å²) in [6.07, 6.45) is 0. The molecule has 0 saturated carbocycles. The van der Waals surface area contributed by atoms with E-state index in [2.05, 4.69) is 72.2 Å². The lowest BCUT2D eigenvalue weighted by molar-refractivity contribution is 0.0954. The fourth-order valence-electron chi connectivity index (χ4n) is 3.29. The minimum Gasteiger partial charge on any atom is -0.347 e. The first-order valence-corrected chi connectivity index (χ1v) is 10.8. The Hall–Kier alpha value is -1.76. The molecule has 2 heterocycles. The summed E-state index contributed by atoms with van der Waals surface area (Å²) in [5, 5.41) is 4.07.